The van der Waals surface area contributed by atoms with E-state index in [1.165, 1.54) is 12.1 Å². The van der Waals surface area contributed by atoms with Crippen LogP contribution in [-0.4, -0.2) is 0 Å². The van der Waals surface area contributed by atoms with Crippen LogP contribution in [0.15, 0.2) is 72.8 Å². The van der Waals surface area contributed by atoms with Crippen molar-refractivity contribution in [1.29, 1.82) is 0 Å². The van der Waals surface area contributed by atoms with Gasteiger partial charge < -0.3 is 4.74 Å². The molecular formula is C22H15F3O. The van der Waals surface area contributed by atoms with Gasteiger partial charge in [-0.05, 0) is 47.0 Å². The smallest absolute Gasteiger partial charge is 0.417 e. The average molecular weight is 352 g/mol. The first-order chi connectivity index (χ1) is 12.5. The van der Waals surface area contributed by atoms with Crippen LogP contribution >= 0.6 is 0 Å². The van der Waals surface area contributed by atoms with Crippen molar-refractivity contribution in [2.45, 2.75) is 12.8 Å². The second-order valence-electron chi connectivity index (χ2n) is 5.70. The van der Waals surface area contributed by atoms with E-state index >= 15 is 0 Å². The Morgan fingerprint density at radius 3 is 2.35 bits per heavy atom. The summed E-state index contributed by atoms with van der Waals surface area (Å²) in [6, 6.07) is 19.8. The lowest BCUT2D eigenvalue weighted by molar-refractivity contribution is -0.137. The van der Waals surface area contributed by atoms with Gasteiger partial charge in [-0.3, -0.25) is 0 Å². The van der Waals surface area contributed by atoms with Gasteiger partial charge in [-0.15, -0.1) is 6.42 Å². The van der Waals surface area contributed by atoms with Crippen LogP contribution in [0.2, 0.25) is 0 Å². The zero-order valence-corrected chi connectivity index (χ0v) is 13.8. The Labute approximate surface area is 150 Å². The molecule has 0 radical (unpaired) electrons. The van der Waals surface area contributed by atoms with E-state index in [-0.39, 0.29) is 5.56 Å². The SMILES string of the molecule is C#Cc1ccc(C(F)(F)F)c(-c2cccc(OCc3ccccc3)c2)c1. The molecule has 3 aromatic carbocycles. The van der Waals surface area contributed by atoms with Crippen LogP contribution in [0.3, 0.4) is 0 Å². The molecule has 4 heteroatoms. The van der Waals surface area contributed by atoms with E-state index < -0.39 is 11.7 Å². The van der Waals surface area contributed by atoms with Crippen molar-refractivity contribution < 1.29 is 17.9 Å². The first-order valence-corrected chi connectivity index (χ1v) is 7.92. The molecule has 0 spiro atoms. The van der Waals surface area contributed by atoms with Crippen LogP contribution in [0.25, 0.3) is 11.1 Å². The molecule has 3 aromatic rings. The topological polar surface area (TPSA) is 9.23 Å². The highest BCUT2D eigenvalue weighted by atomic mass is 19.4. The number of ether oxygens (including phenoxy) is 1. The Balaban J connectivity index is 1.94. The lowest BCUT2D eigenvalue weighted by Crippen LogP contribution is -2.07. The van der Waals surface area contributed by atoms with Gasteiger partial charge in [0.15, 0.2) is 0 Å². The van der Waals surface area contributed by atoms with Crippen molar-refractivity contribution in [2.75, 3.05) is 0 Å². The van der Waals surface area contributed by atoms with Gasteiger partial charge in [0.2, 0.25) is 0 Å². The average Bonchev–Trinajstić information content (AvgIpc) is 2.66. The zero-order valence-electron chi connectivity index (χ0n) is 13.8. The predicted octanol–water partition coefficient (Wildman–Crippen LogP) is 5.93. The molecule has 0 amide bonds. The molecular weight excluding hydrogens is 337 g/mol. The minimum atomic E-state index is -4.47. The molecule has 0 aliphatic rings. The van der Waals surface area contributed by atoms with E-state index in [2.05, 4.69) is 5.92 Å². The van der Waals surface area contributed by atoms with E-state index in [9.17, 15) is 13.2 Å². The van der Waals surface area contributed by atoms with E-state index in [0.29, 0.717) is 23.5 Å². The molecule has 0 fully saturated rings. The van der Waals surface area contributed by atoms with E-state index in [1.54, 1.807) is 24.3 Å². The highest BCUT2D eigenvalue weighted by molar-refractivity contribution is 5.71. The lowest BCUT2D eigenvalue weighted by atomic mass is 9.97. The first-order valence-electron chi connectivity index (χ1n) is 7.92. The quantitative estimate of drug-likeness (QED) is 0.529. The third-order valence-electron chi connectivity index (χ3n) is 3.89. The highest BCUT2D eigenvalue weighted by Crippen LogP contribution is 2.38. The third-order valence-corrected chi connectivity index (χ3v) is 3.89. The summed E-state index contributed by atoms with van der Waals surface area (Å²) in [6.45, 7) is 0.334. The Bertz CT molecular complexity index is 938. The van der Waals surface area contributed by atoms with Gasteiger partial charge in [0.05, 0.1) is 5.56 Å². The van der Waals surface area contributed by atoms with Crippen LogP contribution < -0.4 is 4.74 Å². The molecule has 0 unspecified atom stereocenters. The van der Waals surface area contributed by atoms with Crippen molar-refractivity contribution in [1.82, 2.24) is 0 Å². The van der Waals surface area contributed by atoms with Gasteiger partial charge in [-0.1, -0.05) is 48.4 Å². The summed E-state index contributed by atoms with van der Waals surface area (Å²) < 4.78 is 45.8. The fraction of sp³-hybridized carbons (Fsp3) is 0.0909. The van der Waals surface area contributed by atoms with Crippen molar-refractivity contribution in [2.24, 2.45) is 0 Å². The fourth-order valence-corrected chi connectivity index (χ4v) is 2.61. The Hall–Kier alpha value is -3.19. The van der Waals surface area contributed by atoms with Gasteiger partial charge in [0.25, 0.3) is 0 Å². The molecule has 0 aromatic heterocycles. The maximum Gasteiger partial charge on any atom is 0.417 e. The molecule has 3 rings (SSSR count). The molecule has 0 saturated heterocycles. The van der Waals surface area contributed by atoms with Crippen LogP contribution in [0, 0.1) is 12.3 Å². The molecule has 1 nitrogen and oxygen atoms in total. The second-order valence-corrected chi connectivity index (χ2v) is 5.70. The second kappa shape index (κ2) is 7.37. The number of benzene rings is 3. The fourth-order valence-electron chi connectivity index (χ4n) is 2.61. The molecule has 0 aliphatic heterocycles. The molecule has 0 N–H and O–H groups in total. The summed E-state index contributed by atoms with van der Waals surface area (Å²) in [7, 11) is 0. The summed E-state index contributed by atoms with van der Waals surface area (Å²) in [5.74, 6) is 2.87. The van der Waals surface area contributed by atoms with Crippen molar-refractivity contribution >= 4 is 0 Å². The van der Waals surface area contributed by atoms with Crippen LogP contribution in [-0.2, 0) is 12.8 Å². The minimum Gasteiger partial charge on any atom is -0.489 e. The molecule has 0 heterocycles. The van der Waals surface area contributed by atoms with Gasteiger partial charge in [-0.2, -0.15) is 13.2 Å². The number of rotatable bonds is 4. The molecule has 0 bridgehead atoms. The van der Waals surface area contributed by atoms with E-state index in [0.717, 1.165) is 11.6 Å². The minimum absolute atomic E-state index is 0.0399. The summed E-state index contributed by atoms with van der Waals surface area (Å²) in [5, 5.41) is 0. The van der Waals surface area contributed by atoms with Crippen LogP contribution in [0.1, 0.15) is 16.7 Å². The summed E-state index contributed by atoms with van der Waals surface area (Å²) in [6.07, 6.45) is 0.873. The van der Waals surface area contributed by atoms with Crippen LogP contribution in [0.4, 0.5) is 13.2 Å². The summed E-state index contributed by atoms with van der Waals surface area (Å²) >= 11 is 0. The van der Waals surface area contributed by atoms with Crippen molar-refractivity contribution in [3.8, 4) is 29.2 Å². The maximum atomic E-state index is 13.4. The molecule has 130 valence electrons. The Morgan fingerprint density at radius 1 is 0.885 bits per heavy atom. The number of alkyl halides is 3. The lowest BCUT2D eigenvalue weighted by Gasteiger charge is -2.14. The largest absolute Gasteiger partial charge is 0.489 e. The summed E-state index contributed by atoms with van der Waals surface area (Å²) in [4.78, 5) is 0. The van der Waals surface area contributed by atoms with E-state index in [4.69, 9.17) is 11.2 Å². The maximum absolute atomic E-state index is 13.4. The molecule has 0 atom stereocenters. The molecule has 26 heavy (non-hydrogen) atoms. The first kappa shape index (κ1) is 17.6. The third kappa shape index (κ3) is 4.07. The normalized spacial score (nSPS) is 11.0. The zero-order chi connectivity index (χ0) is 18.6. The Morgan fingerprint density at radius 2 is 1.65 bits per heavy atom. The van der Waals surface area contributed by atoms with Gasteiger partial charge in [-0.25, -0.2) is 0 Å². The molecule has 0 saturated carbocycles. The predicted molar refractivity (Wildman–Crippen MR) is 95.6 cm³/mol. The highest BCUT2D eigenvalue weighted by Gasteiger charge is 2.33. The van der Waals surface area contributed by atoms with Crippen LogP contribution in [0.5, 0.6) is 5.75 Å². The molecule has 0 aliphatic carbocycles. The Kier molecular flexibility index (Phi) is 4.99. The number of hydrogen-bond acceptors (Lipinski definition) is 1. The monoisotopic (exact) mass is 352 g/mol. The van der Waals surface area contributed by atoms with Crippen molar-refractivity contribution in [3.05, 3.63) is 89.5 Å². The standard InChI is InChI=1S/C22H15F3O/c1-2-16-11-12-21(22(23,24)25)20(13-16)18-9-6-10-19(14-18)26-15-17-7-4-3-5-8-17/h1,3-14H,15H2. The number of halogens is 3. The van der Waals surface area contributed by atoms with E-state index in [1.807, 2.05) is 30.3 Å². The number of terminal acetylenes is 1. The van der Waals surface area contributed by atoms with Gasteiger partial charge in [0.1, 0.15) is 12.4 Å². The van der Waals surface area contributed by atoms with Gasteiger partial charge in [0, 0.05) is 5.56 Å². The van der Waals surface area contributed by atoms with Crippen molar-refractivity contribution in [3.63, 3.8) is 0 Å². The van der Waals surface area contributed by atoms with Gasteiger partial charge >= 0.3 is 6.18 Å². The number of hydrogen-bond donors (Lipinski definition) is 0. The summed E-state index contributed by atoms with van der Waals surface area (Å²) in [5.41, 5.74) is 1.08.